The highest BCUT2D eigenvalue weighted by atomic mass is 79.9. The number of rotatable bonds is 5. The van der Waals surface area contributed by atoms with Crippen LogP contribution < -0.4 is 9.47 Å². The Balaban J connectivity index is 2.22. The highest BCUT2D eigenvalue weighted by molar-refractivity contribution is 9.10. The summed E-state index contributed by atoms with van der Waals surface area (Å²) in [7, 11) is 3.11. The van der Waals surface area contributed by atoms with Gasteiger partial charge in [0.2, 0.25) is 0 Å². The lowest BCUT2D eigenvalue weighted by Crippen LogP contribution is -2.24. The molecule has 2 heterocycles. The third-order valence-corrected chi connectivity index (χ3v) is 4.58. The molecule has 3 rings (SSSR count). The fourth-order valence-corrected chi connectivity index (χ4v) is 3.32. The van der Waals surface area contributed by atoms with Gasteiger partial charge in [0.25, 0.3) is 0 Å². The zero-order valence-electron chi connectivity index (χ0n) is 17.0. The van der Waals surface area contributed by atoms with Gasteiger partial charge in [-0.05, 0) is 73.1 Å². The summed E-state index contributed by atoms with van der Waals surface area (Å²) in [6.45, 7) is 5.47. The number of nitrogens with zero attached hydrogens (tertiary/aromatic N) is 1. The number of aromatic nitrogens is 1. The first kappa shape index (κ1) is 20.9. The number of halogens is 1. The number of carbonyl (C=O) groups excluding carboxylic acids is 1. The lowest BCUT2D eigenvalue weighted by molar-refractivity contribution is 0.00688. The topological polar surface area (TPSA) is 72.9 Å². The monoisotopic (exact) mass is 458 g/mol. The Labute approximate surface area is 178 Å². The molecule has 0 unspecified atom stereocenters. The highest BCUT2D eigenvalue weighted by Gasteiger charge is 2.26. The molecule has 29 heavy (non-hydrogen) atoms. The van der Waals surface area contributed by atoms with Gasteiger partial charge >= 0.3 is 5.97 Å². The molecule has 0 saturated heterocycles. The molecule has 7 heteroatoms. The summed E-state index contributed by atoms with van der Waals surface area (Å²) in [5.74, 6) is 0.513. The van der Waals surface area contributed by atoms with Crippen LogP contribution in [0, 0.1) is 0 Å². The summed E-state index contributed by atoms with van der Waals surface area (Å²) in [5.41, 5.74) is 2.81. The van der Waals surface area contributed by atoms with E-state index >= 15 is 0 Å². The number of ether oxygens (including phenoxy) is 3. The van der Waals surface area contributed by atoms with Crippen LogP contribution in [0.3, 0.4) is 0 Å². The van der Waals surface area contributed by atoms with Gasteiger partial charge in [0.05, 0.1) is 35.6 Å². The Morgan fingerprint density at radius 3 is 2.21 bits per heavy atom. The normalized spacial score (nSPS) is 14.8. The number of benzene rings is 1. The van der Waals surface area contributed by atoms with E-state index in [0.29, 0.717) is 22.6 Å². The summed E-state index contributed by atoms with van der Waals surface area (Å²) < 4.78 is 17.6. The van der Waals surface area contributed by atoms with Crippen molar-refractivity contribution >= 4 is 33.7 Å². The molecule has 0 bridgehead atoms. The number of methoxy groups -OCH3 is 2. The molecule has 0 radical (unpaired) electrons. The average Bonchev–Trinajstić information content (AvgIpc) is 3.33. The van der Waals surface area contributed by atoms with Gasteiger partial charge in [-0.3, -0.25) is 4.99 Å². The quantitative estimate of drug-likeness (QED) is 0.628. The van der Waals surface area contributed by atoms with E-state index in [1.165, 1.54) is 0 Å². The van der Waals surface area contributed by atoms with Crippen LogP contribution >= 0.6 is 15.9 Å². The molecule has 2 aromatic rings. The van der Waals surface area contributed by atoms with Crippen LogP contribution in [0.2, 0.25) is 0 Å². The van der Waals surface area contributed by atoms with Gasteiger partial charge in [-0.1, -0.05) is 0 Å². The fourth-order valence-electron chi connectivity index (χ4n) is 2.98. The minimum atomic E-state index is -0.608. The number of nitrogens with one attached hydrogen (secondary N) is 1. The summed E-state index contributed by atoms with van der Waals surface area (Å²) in [6, 6.07) is 7.17. The third kappa shape index (κ3) is 4.62. The molecule has 1 aliphatic heterocycles. The number of aliphatic imine (C=N–C) groups is 1. The Bertz CT molecular complexity index is 987. The number of allylic oxidation sites excluding steroid dienone is 2. The van der Waals surface area contributed by atoms with E-state index in [1.807, 2.05) is 45.1 Å². The summed E-state index contributed by atoms with van der Waals surface area (Å²) in [6.07, 6.45) is 5.49. The van der Waals surface area contributed by atoms with Crippen molar-refractivity contribution in [2.45, 2.75) is 26.4 Å². The first-order chi connectivity index (χ1) is 13.7. The molecule has 0 aliphatic carbocycles. The van der Waals surface area contributed by atoms with Crippen molar-refractivity contribution in [3.63, 3.8) is 0 Å². The highest BCUT2D eigenvalue weighted by Crippen LogP contribution is 2.42. The first-order valence-electron chi connectivity index (χ1n) is 9.03. The Hall–Kier alpha value is -2.80. The lowest BCUT2D eigenvalue weighted by atomic mass is 9.96. The molecule has 152 valence electrons. The van der Waals surface area contributed by atoms with Crippen molar-refractivity contribution in [3.8, 4) is 11.5 Å². The van der Waals surface area contributed by atoms with Crippen LogP contribution in [0.25, 0.3) is 5.57 Å². The molecule has 0 fully saturated rings. The lowest BCUT2D eigenvalue weighted by Gasteiger charge is -2.21. The van der Waals surface area contributed by atoms with Crippen LogP contribution in [0.5, 0.6) is 11.5 Å². The molecule has 0 saturated carbocycles. The predicted octanol–water partition coefficient (Wildman–Crippen LogP) is 5.15. The number of esters is 1. The predicted molar refractivity (Wildman–Crippen MR) is 117 cm³/mol. The van der Waals surface area contributed by atoms with E-state index in [-0.39, 0.29) is 0 Å². The Kier molecular flexibility index (Phi) is 5.98. The Morgan fingerprint density at radius 1 is 1.10 bits per heavy atom. The second-order valence-electron chi connectivity index (χ2n) is 7.38. The SMILES string of the molecule is COc1cc(C(=O)OC(C)(C)C)cc(OC)c1/C(=C1\C=CC=N1)c1ccc(Br)[nH]1. The molecule has 1 aromatic heterocycles. The van der Waals surface area contributed by atoms with Crippen molar-refractivity contribution < 1.29 is 19.0 Å². The Morgan fingerprint density at radius 2 is 1.76 bits per heavy atom. The largest absolute Gasteiger partial charge is 0.496 e. The minimum Gasteiger partial charge on any atom is -0.496 e. The van der Waals surface area contributed by atoms with Crippen molar-refractivity contribution in [1.29, 1.82) is 0 Å². The van der Waals surface area contributed by atoms with Crippen LogP contribution in [0.4, 0.5) is 0 Å². The molecule has 1 N–H and O–H groups in total. The number of hydrogen-bond donors (Lipinski definition) is 1. The van der Waals surface area contributed by atoms with Gasteiger partial charge in [0, 0.05) is 17.5 Å². The third-order valence-electron chi connectivity index (χ3n) is 4.12. The van der Waals surface area contributed by atoms with Crippen molar-refractivity contribution in [3.05, 3.63) is 63.5 Å². The summed E-state index contributed by atoms with van der Waals surface area (Å²) >= 11 is 3.45. The van der Waals surface area contributed by atoms with Crippen LogP contribution in [0.15, 0.2) is 51.7 Å². The van der Waals surface area contributed by atoms with Crippen LogP contribution in [-0.4, -0.2) is 37.0 Å². The van der Waals surface area contributed by atoms with Gasteiger partial charge in [-0.15, -0.1) is 0 Å². The van der Waals surface area contributed by atoms with Crippen LogP contribution in [0.1, 0.15) is 42.4 Å². The van der Waals surface area contributed by atoms with Crippen molar-refractivity contribution in [1.82, 2.24) is 4.98 Å². The zero-order chi connectivity index (χ0) is 21.2. The molecule has 0 atom stereocenters. The van der Waals surface area contributed by atoms with E-state index in [2.05, 4.69) is 25.9 Å². The molecular formula is C22H23BrN2O4. The summed E-state index contributed by atoms with van der Waals surface area (Å²) in [4.78, 5) is 20.3. The van der Waals surface area contributed by atoms with E-state index in [1.54, 1.807) is 32.6 Å². The maximum atomic E-state index is 12.6. The molecular weight excluding hydrogens is 436 g/mol. The molecule has 1 aliphatic rings. The van der Waals surface area contributed by atoms with Crippen molar-refractivity contribution in [2.24, 2.45) is 4.99 Å². The zero-order valence-corrected chi connectivity index (χ0v) is 18.6. The second-order valence-corrected chi connectivity index (χ2v) is 8.23. The van der Waals surface area contributed by atoms with Gasteiger partial charge in [-0.2, -0.15) is 0 Å². The standard InChI is InChI=1S/C22H23BrN2O4/c1-22(2,3)29-21(26)13-11-16(27-4)20(17(12-13)28-5)19(14-7-6-10-24-14)15-8-9-18(23)25-15/h6-12,25H,1-5H3/b19-14+. The maximum absolute atomic E-state index is 12.6. The maximum Gasteiger partial charge on any atom is 0.338 e. The molecule has 1 aromatic carbocycles. The molecule has 6 nitrogen and oxygen atoms in total. The fraction of sp³-hybridized carbons (Fsp3) is 0.273. The van der Waals surface area contributed by atoms with Crippen LogP contribution in [-0.2, 0) is 4.74 Å². The van der Waals surface area contributed by atoms with Gasteiger partial charge in [0.15, 0.2) is 0 Å². The van der Waals surface area contributed by atoms with Crippen molar-refractivity contribution in [2.75, 3.05) is 14.2 Å². The van der Waals surface area contributed by atoms with E-state index in [0.717, 1.165) is 21.6 Å². The smallest absolute Gasteiger partial charge is 0.338 e. The summed E-state index contributed by atoms with van der Waals surface area (Å²) in [5, 5.41) is 0. The van der Waals surface area contributed by atoms with Gasteiger partial charge in [0.1, 0.15) is 17.1 Å². The minimum absolute atomic E-state index is 0.347. The van der Waals surface area contributed by atoms with E-state index in [4.69, 9.17) is 14.2 Å². The number of H-pyrrole nitrogens is 1. The van der Waals surface area contributed by atoms with E-state index < -0.39 is 11.6 Å². The second kappa shape index (κ2) is 8.29. The average molecular weight is 459 g/mol. The number of carbonyl (C=O) groups is 1. The van der Waals surface area contributed by atoms with E-state index in [9.17, 15) is 4.79 Å². The first-order valence-corrected chi connectivity index (χ1v) is 9.82. The molecule has 0 amide bonds. The van der Waals surface area contributed by atoms with Gasteiger partial charge in [-0.25, -0.2) is 4.79 Å². The molecule has 0 spiro atoms. The number of hydrogen-bond acceptors (Lipinski definition) is 5. The van der Waals surface area contributed by atoms with Gasteiger partial charge < -0.3 is 19.2 Å². The number of aromatic amines is 1.